The molecule has 0 radical (unpaired) electrons. The Morgan fingerprint density at radius 3 is 2.62 bits per heavy atom. The van der Waals surface area contributed by atoms with Crippen molar-refractivity contribution in [1.82, 2.24) is 4.31 Å². The number of sulfonamides is 1. The molecule has 2 atom stereocenters. The summed E-state index contributed by atoms with van der Waals surface area (Å²) in [7, 11) is -4.04. The van der Waals surface area contributed by atoms with E-state index in [9.17, 15) is 17.2 Å². The summed E-state index contributed by atoms with van der Waals surface area (Å²) in [6, 6.07) is 1.53. The van der Waals surface area contributed by atoms with Crippen molar-refractivity contribution in [2.45, 2.75) is 37.6 Å². The highest BCUT2D eigenvalue weighted by atomic mass is 32.2. The lowest BCUT2D eigenvalue weighted by molar-refractivity contribution is 0.242. The quantitative estimate of drug-likeness (QED) is 0.927. The van der Waals surface area contributed by atoms with E-state index in [1.807, 2.05) is 6.92 Å². The van der Waals surface area contributed by atoms with Crippen LogP contribution in [-0.4, -0.2) is 31.9 Å². The normalized spacial score (nSPS) is 22.2. The van der Waals surface area contributed by atoms with Crippen LogP contribution < -0.4 is 5.73 Å². The number of hydrogen-bond donors (Lipinski definition) is 1. The minimum absolute atomic E-state index is 0.0341. The third kappa shape index (κ3) is 3.25. The van der Waals surface area contributed by atoms with Crippen LogP contribution in [0, 0.1) is 24.5 Å². The molecule has 0 unspecified atom stereocenters. The van der Waals surface area contributed by atoms with Gasteiger partial charge in [-0.15, -0.1) is 0 Å². The topological polar surface area (TPSA) is 63.4 Å². The van der Waals surface area contributed by atoms with Crippen LogP contribution in [0.4, 0.5) is 8.78 Å². The second kappa shape index (κ2) is 5.98. The van der Waals surface area contributed by atoms with E-state index in [0.29, 0.717) is 13.0 Å². The van der Waals surface area contributed by atoms with E-state index >= 15 is 0 Å². The molecular weight excluding hydrogens is 298 g/mol. The van der Waals surface area contributed by atoms with Crippen LogP contribution in [-0.2, 0) is 10.0 Å². The molecule has 1 aromatic carbocycles. The van der Waals surface area contributed by atoms with Gasteiger partial charge in [-0.1, -0.05) is 0 Å². The Morgan fingerprint density at radius 1 is 1.33 bits per heavy atom. The van der Waals surface area contributed by atoms with Gasteiger partial charge < -0.3 is 5.73 Å². The molecule has 0 saturated carbocycles. The largest absolute Gasteiger partial charge is 0.328 e. The molecule has 118 valence electrons. The zero-order valence-electron chi connectivity index (χ0n) is 12.1. The van der Waals surface area contributed by atoms with Gasteiger partial charge in [-0.3, -0.25) is 0 Å². The zero-order valence-corrected chi connectivity index (χ0v) is 13.0. The lowest BCUT2D eigenvalue weighted by Gasteiger charge is -2.33. The van der Waals surface area contributed by atoms with Gasteiger partial charge in [0, 0.05) is 19.1 Å². The summed E-state index contributed by atoms with van der Waals surface area (Å²) in [6.07, 6.45) is 1.51. The van der Waals surface area contributed by atoms with Crippen LogP contribution in [0.5, 0.6) is 0 Å². The van der Waals surface area contributed by atoms with Crippen LogP contribution in [0.25, 0.3) is 0 Å². The number of aryl methyl sites for hydroxylation is 1. The molecule has 1 aromatic rings. The smallest absolute Gasteiger partial charge is 0.246 e. The van der Waals surface area contributed by atoms with Crippen molar-refractivity contribution >= 4 is 10.0 Å². The van der Waals surface area contributed by atoms with Gasteiger partial charge >= 0.3 is 0 Å². The maximum absolute atomic E-state index is 13.9. The molecule has 0 spiro atoms. The number of nitrogens with zero attached hydrogens (tertiary/aromatic N) is 1. The van der Waals surface area contributed by atoms with Crippen molar-refractivity contribution in [2.75, 3.05) is 13.1 Å². The Morgan fingerprint density at radius 2 is 2.00 bits per heavy atom. The van der Waals surface area contributed by atoms with Crippen molar-refractivity contribution in [3.8, 4) is 0 Å². The SMILES string of the molecule is Cc1cc(F)c(S(=O)(=O)N2CCC[C@@H]([C@H](C)N)C2)cc1F. The molecule has 2 rings (SSSR count). The summed E-state index contributed by atoms with van der Waals surface area (Å²) in [5, 5.41) is 0. The first-order valence-electron chi connectivity index (χ1n) is 6.95. The van der Waals surface area contributed by atoms with Gasteiger partial charge in [-0.05, 0) is 50.3 Å². The van der Waals surface area contributed by atoms with Gasteiger partial charge in [0.05, 0.1) is 0 Å². The fraction of sp³-hybridized carbons (Fsp3) is 0.571. The van der Waals surface area contributed by atoms with Crippen LogP contribution in [0.15, 0.2) is 17.0 Å². The molecule has 0 amide bonds. The van der Waals surface area contributed by atoms with Crippen LogP contribution in [0.3, 0.4) is 0 Å². The molecule has 1 aliphatic heterocycles. The Balaban J connectivity index is 2.36. The number of hydrogen-bond acceptors (Lipinski definition) is 3. The summed E-state index contributed by atoms with van der Waals surface area (Å²) in [5.74, 6) is -1.61. The number of halogens is 2. The van der Waals surface area contributed by atoms with Gasteiger partial charge in [0.25, 0.3) is 0 Å². The second-order valence-electron chi connectivity index (χ2n) is 5.66. The van der Waals surface area contributed by atoms with Gasteiger partial charge in [0.1, 0.15) is 16.5 Å². The Bertz CT molecular complexity index is 632. The molecule has 4 nitrogen and oxygen atoms in total. The second-order valence-corrected chi connectivity index (χ2v) is 7.56. The van der Waals surface area contributed by atoms with Crippen molar-refractivity contribution in [1.29, 1.82) is 0 Å². The fourth-order valence-corrected chi connectivity index (χ4v) is 4.18. The minimum Gasteiger partial charge on any atom is -0.328 e. The molecule has 0 aliphatic carbocycles. The molecule has 1 heterocycles. The van der Waals surface area contributed by atoms with Crippen molar-refractivity contribution in [3.63, 3.8) is 0 Å². The first kappa shape index (κ1) is 16.3. The third-order valence-electron chi connectivity index (χ3n) is 4.00. The maximum atomic E-state index is 13.9. The average molecular weight is 318 g/mol. The lowest BCUT2D eigenvalue weighted by atomic mass is 9.93. The number of nitrogens with two attached hydrogens (primary N) is 1. The Labute approximate surface area is 124 Å². The summed E-state index contributed by atoms with van der Waals surface area (Å²) in [6.45, 7) is 3.77. The number of piperidine rings is 1. The summed E-state index contributed by atoms with van der Waals surface area (Å²) < 4.78 is 53.8. The molecule has 1 aliphatic rings. The zero-order chi connectivity index (χ0) is 15.8. The van der Waals surface area contributed by atoms with E-state index in [1.165, 1.54) is 11.2 Å². The Hall–Kier alpha value is -1.05. The molecule has 1 fully saturated rings. The van der Waals surface area contributed by atoms with Crippen molar-refractivity contribution in [2.24, 2.45) is 11.7 Å². The van der Waals surface area contributed by atoms with Crippen LogP contribution >= 0.6 is 0 Å². The molecule has 21 heavy (non-hydrogen) atoms. The van der Waals surface area contributed by atoms with Crippen LogP contribution in [0.1, 0.15) is 25.3 Å². The molecule has 1 saturated heterocycles. The summed E-state index contributed by atoms with van der Waals surface area (Å²) >= 11 is 0. The molecule has 7 heteroatoms. The third-order valence-corrected chi connectivity index (χ3v) is 5.88. The van der Waals surface area contributed by atoms with E-state index in [4.69, 9.17) is 5.73 Å². The van der Waals surface area contributed by atoms with Gasteiger partial charge in [-0.25, -0.2) is 17.2 Å². The van der Waals surface area contributed by atoms with Gasteiger partial charge in [0.2, 0.25) is 10.0 Å². The van der Waals surface area contributed by atoms with E-state index in [-0.39, 0.29) is 24.1 Å². The highest BCUT2D eigenvalue weighted by molar-refractivity contribution is 7.89. The van der Waals surface area contributed by atoms with Crippen LogP contribution in [0.2, 0.25) is 0 Å². The predicted octanol–water partition coefficient (Wildman–Crippen LogP) is 2.02. The predicted molar refractivity (Wildman–Crippen MR) is 76.2 cm³/mol. The van der Waals surface area contributed by atoms with Crippen molar-refractivity contribution < 1.29 is 17.2 Å². The fourth-order valence-electron chi connectivity index (χ4n) is 2.59. The molecular formula is C14H20F2N2O2S. The summed E-state index contributed by atoms with van der Waals surface area (Å²) in [5.41, 5.74) is 5.91. The highest BCUT2D eigenvalue weighted by Crippen LogP contribution is 2.27. The van der Waals surface area contributed by atoms with E-state index in [2.05, 4.69) is 0 Å². The lowest BCUT2D eigenvalue weighted by Crippen LogP contribution is -2.45. The first-order valence-corrected chi connectivity index (χ1v) is 8.39. The van der Waals surface area contributed by atoms with E-state index in [1.54, 1.807) is 0 Å². The first-order chi connectivity index (χ1) is 9.73. The van der Waals surface area contributed by atoms with Gasteiger partial charge in [-0.2, -0.15) is 4.31 Å². The standard InChI is InChI=1S/C14H20F2N2O2S/c1-9-6-13(16)14(7-12(9)15)21(19,20)18-5-3-4-11(8-18)10(2)17/h6-7,10-11H,3-5,8,17H2,1-2H3/t10-,11+/m0/s1. The monoisotopic (exact) mass is 318 g/mol. The van der Waals surface area contributed by atoms with Crippen molar-refractivity contribution in [3.05, 3.63) is 29.3 Å². The number of benzene rings is 1. The molecule has 0 aromatic heterocycles. The van der Waals surface area contributed by atoms with E-state index < -0.39 is 26.6 Å². The average Bonchev–Trinajstić information content (AvgIpc) is 2.42. The summed E-state index contributed by atoms with van der Waals surface area (Å²) in [4.78, 5) is -0.601. The Kier molecular flexibility index (Phi) is 4.65. The maximum Gasteiger partial charge on any atom is 0.246 e. The molecule has 0 bridgehead atoms. The number of rotatable bonds is 3. The minimum atomic E-state index is -4.04. The van der Waals surface area contributed by atoms with E-state index in [0.717, 1.165) is 18.6 Å². The van der Waals surface area contributed by atoms with Gasteiger partial charge in [0.15, 0.2) is 0 Å². The molecule has 2 N–H and O–H groups in total. The highest BCUT2D eigenvalue weighted by Gasteiger charge is 2.33.